The minimum absolute atomic E-state index is 0.323. The van der Waals surface area contributed by atoms with Gasteiger partial charge in [-0.05, 0) is 28.2 Å². The molecule has 0 bridgehead atoms. The molecule has 3 nitrogen and oxygen atoms in total. The van der Waals surface area contributed by atoms with Crippen LogP contribution in [0.5, 0.6) is 0 Å². The Labute approximate surface area is 101 Å². The van der Waals surface area contributed by atoms with Crippen LogP contribution in [-0.2, 0) is 9.53 Å². The molecule has 4 heteroatoms. The first-order valence-corrected chi connectivity index (χ1v) is 5.22. The Morgan fingerprint density at radius 3 is 2.27 bits per heavy atom. The molecule has 0 heterocycles. The lowest BCUT2D eigenvalue weighted by Gasteiger charge is -2.05. The third-order valence-electron chi connectivity index (χ3n) is 1.83. The zero-order valence-electron chi connectivity index (χ0n) is 8.12. The maximum absolute atomic E-state index is 11.6. The lowest BCUT2D eigenvalue weighted by molar-refractivity contribution is -0.135. The van der Waals surface area contributed by atoms with Gasteiger partial charge in [0.25, 0.3) is 5.78 Å². The van der Waals surface area contributed by atoms with Crippen LogP contribution < -0.4 is 0 Å². The molecule has 0 saturated heterocycles. The first kappa shape index (κ1) is 11.9. The highest BCUT2D eigenvalue weighted by Crippen LogP contribution is 2.23. The molecule has 78 valence electrons. The lowest BCUT2D eigenvalue weighted by atomic mass is 10.0. The molecular formula is C11H9IO3. The van der Waals surface area contributed by atoms with Crippen LogP contribution in [0, 0.1) is 0 Å². The number of hydrogen-bond donors (Lipinski definition) is 0. The monoisotopic (exact) mass is 316 g/mol. The fourth-order valence-electron chi connectivity index (χ4n) is 1.12. The fraction of sp³-hybridized carbons (Fsp3) is 0.0909. The SMILES string of the molecule is C=C(I)c1ccccc1C(=O)C(=O)OC. The lowest BCUT2D eigenvalue weighted by Crippen LogP contribution is -2.16. The zero-order valence-corrected chi connectivity index (χ0v) is 10.3. The molecule has 0 unspecified atom stereocenters. The minimum atomic E-state index is -0.861. The van der Waals surface area contributed by atoms with Gasteiger partial charge < -0.3 is 4.74 Å². The van der Waals surface area contributed by atoms with Crippen LogP contribution >= 0.6 is 22.6 Å². The van der Waals surface area contributed by atoms with Gasteiger partial charge in [0, 0.05) is 9.14 Å². The number of ketones is 1. The normalized spacial score (nSPS) is 9.47. The van der Waals surface area contributed by atoms with Crippen LogP contribution in [-0.4, -0.2) is 18.9 Å². The molecule has 0 saturated carbocycles. The summed E-state index contributed by atoms with van der Waals surface area (Å²) in [6.45, 7) is 3.74. The van der Waals surface area contributed by atoms with E-state index in [1.165, 1.54) is 7.11 Å². The summed E-state index contributed by atoms with van der Waals surface area (Å²) in [5.41, 5.74) is 0.984. The summed E-state index contributed by atoms with van der Waals surface area (Å²) in [5.74, 6) is -1.51. The molecule has 0 atom stereocenters. The van der Waals surface area contributed by atoms with Crippen LogP contribution in [0.25, 0.3) is 3.58 Å². The number of hydrogen-bond acceptors (Lipinski definition) is 3. The topological polar surface area (TPSA) is 43.4 Å². The van der Waals surface area contributed by atoms with E-state index < -0.39 is 11.8 Å². The molecule has 0 aromatic heterocycles. The van der Waals surface area contributed by atoms with E-state index in [2.05, 4.69) is 11.3 Å². The van der Waals surface area contributed by atoms with Crippen molar-refractivity contribution in [3.8, 4) is 0 Å². The van der Waals surface area contributed by atoms with Crippen molar-refractivity contribution in [2.75, 3.05) is 7.11 Å². The number of rotatable bonds is 3. The first-order chi connectivity index (χ1) is 7.07. The van der Waals surface area contributed by atoms with Crippen molar-refractivity contribution >= 4 is 37.9 Å². The van der Waals surface area contributed by atoms with Gasteiger partial charge in [-0.25, -0.2) is 4.79 Å². The van der Waals surface area contributed by atoms with Crippen molar-refractivity contribution in [2.24, 2.45) is 0 Å². The summed E-state index contributed by atoms with van der Waals surface area (Å²) in [6, 6.07) is 6.80. The molecule has 0 aliphatic carbocycles. The maximum atomic E-state index is 11.6. The van der Waals surface area contributed by atoms with Crippen LogP contribution in [0.2, 0.25) is 0 Å². The molecule has 1 aromatic rings. The van der Waals surface area contributed by atoms with Crippen molar-refractivity contribution in [1.82, 2.24) is 0 Å². The Morgan fingerprint density at radius 2 is 1.80 bits per heavy atom. The van der Waals surface area contributed by atoms with Crippen LogP contribution in [0.4, 0.5) is 0 Å². The van der Waals surface area contributed by atoms with Gasteiger partial charge in [-0.1, -0.05) is 30.8 Å². The highest BCUT2D eigenvalue weighted by atomic mass is 127. The van der Waals surface area contributed by atoms with Gasteiger partial charge in [0.15, 0.2) is 0 Å². The fourth-order valence-corrected chi connectivity index (χ4v) is 1.59. The van der Waals surface area contributed by atoms with Crippen molar-refractivity contribution in [1.29, 1.82) is 0 Å². The average molecular weight is 316 g/mol. The Hall–Kier alpha value is -1.17. The van der Waals surface area contributed by atoms with E-state index >= 15 is 0 Å². The summed E-state index contributed by atoms with van der Waals surface area (Å²) in [4.78, 5) is 22.7. The molecular weight excluding hydrogens is 307 g/mol. The number of carbonyl (C=O) groups excluding carboxylic acids is 2. The van der Waals surface area contributed by atoms with Gasteiger partial charge in [0.05, 0.1) is 7.11 Å². The highest BCUT2D eigenvalue weighted by molar-refractivity contribution is 14.1. The molecule has 15 heavy (non-hydrogen) atoms. The van der Waals surface area contributed by atoms with Crippen LogP contribution in [0.1, 0.15) is 15.9 Å². The largest absolute Gasteiger partial charge is 0.463 e. The van der Waals surface area contributed by atoms with E-state index in [1.807, 2.05) is 22.6 Å². The van der Waals surface area contributed by atoms with Crippen molar-refractivity contribution < 1.29 is 14.3 Å². The van der Waals surface area contributed by atoms with Gasteiger partial charge in [-0.15, -0.1) is 0 Å². The van der Waals surface area contributed by atoms with Crippen molar-refractivity contribution in [3.63, 3.8) is 0 Å². The number of esters is 1. The standard InChI is InChI=1S/C11H9IO3/c1-7(12)8-5-3-4-6-9(8)10(13)11(14)15-2/h3-6H,1H2,2H3. The maximum Gasteiger partial charge on any atom is 0.379 e. The van der Waals surface area contributed by atoms with Gasteiger partial charge in [-0.2, -0.15) is 0 Å². The van der Waals surface area contributed by atoms with Crippen molar-refractivity contribution in [2.45, 2.75) is 0 Å². The number of ether oxygens (including phenoxy) is 1. The number of carbonyl (C=O) groups is 2. The predicted octanol–water partition coefficient (Wildman–Crippen LogP) is 2.45. The van der Waals surface area contributed by atoms with Gasteiger partial charge in [-0.3, -0.25) is 4.79 Å². The number of Topliss-reactive ketones (excluding diaryl/α,β-unsaturated/α-hetero) is 1. The van der Waals surface area contributed by atoms with Gasteiger partial charge >= 0.3 is 5.97 Å². The second-order valence-electron chi connectivity index (χ2n) is 2.77. The third-order valence-corrected chi connectivity index (χ3v) is 2.42. The van der Waals surface area contributed by atoms with Crippen LogP contribution in [0.15, 0.2) is 30.8 Å². The van der Waals surface area contributed by atoms with E-state index in [4.69, 9.17) is 0 Å². The second-order valence-corrected chi connectivity index (χ2v) is 4.07. The Balaban J connectivity index is 3.19. The smallest absolute Gasteiger partial charge is 0.379 e. The van der Waals surface area contributed by atoms with E-state index in [9.17, 15) is 9.59 Å². The molecule has 0 fully saturated rings. The molecule has 1 rings (SSSR count). The van der Waals surface area contributed by atoms with Crippen molar-refractivity contribution in [3.05, 3.63) is 42.0 Å². The number of methoxy groups -OCH3 is 1. The minimum Gasteiger partial charge on any atom is -0.463 e. The molecule has 1 aromatic carbocycles. The molecule has 0 aliphatic rings. The second kappa shape index (κ2) is 5.06. The third kappa shape index (κ3) is 2.65. The van der Waals surface area contributed by atoms with Crippen LogP contribution in [0.3, 0.4) is 0 Å². The predicted molar refractivity (Wildman–Crippen MR) is 65.8 cm³/mol. The van der Waals surface area contributed by atoms with E-state index in [0.717, 1.165) is 0 Å². The highest BCUT2D eigenvalue weighted by Gasteiger charge is 2.19. The summed E-state index contributed by atoms with van der Waals surface area (Å²) < 4.78 is 5.09. The summed E-state index contributed by atoms with van der Waals surface area (Å²) in [5, 5.41) is 0. The van der Waals surface area contributed by atoms with E-state index in [0.29, 0.717) is 14.7 Å². The van der Waals surface area contributed by atoms with Gasteiger partial charge in [0.2, 0.25) is 0 Å². The molecule has 0 spiro atoms. The summed E-state index contributed by atoms with van der Waals surface area (Å²) in [7, 11) is 1.18. The Bertz CT molecular complexity index is 424. The van der Waals surface area contributed by atoms with E-state index in [-0.39, 0.29) is 0 Å². The number of halogens is 1. The molecule has 0 aliphatic heterocycles. The Kier molecular flexibility index (Phi) is 4.02. The molecule has 0 radical (unpaired) electrons. The average Bonchev–Trinajstić information content (AvgIpc) is 2.27. The molecule has 0 amide bonds. The Morgan fingerprint density at radius 1 is 1.27 bits per heavy atom. The van der Waals surface area contributed by atoms with E-state index in [1.54, 1.807) is 24.3 Å². The quantitative estimate of drug-likeness (QED) is 0.372. The summed E-state index contributed by atoms with van der Waals surface area (Å²) >= 11 is 2.00. The molecule has 0 N–H and O–H groups in total. The zero-order chi connectivity index (χ0) is 11.4. The first-order valence-electron chi connectivity index (χ1n) is 4.14. The summed E-state index contributed by atoms with van der Waals surface area (Å²) in [6.07, 6.45) is 0. The van der Waals surface area contributed by atoms with Gasteiger partial charge in [0.1, 0.15) is 0 Å². The number of benzene rings is 1.